The van der Waals surface area contributed by atoms with E-state index in [1.54, 1.807) is 20.8 Å². The number of carbonyl (C=O) groups is 1. The van der Waals surface area contributed by atoms with Gasteiger partial charge in [0.1, 0.15) is 17.2 Å². The van der Waals surface area contributed by atoms with E-state index in [-0.39, 0.29) is 11.3 Å². The van der Waals surface area contributed by atoms with E-state index in [0.29, 0.717) is 0 Å². The molecule has 1 aromatic rings. The highest BCUT2D eigenvalue weighted by Gasteiger charge is 2.20. The summed E-state index contributed by atoms with van der Waals surface area (Å²) in [4.78, 5) is 11.4. The van der Waals surface area contributed by atoms with E-state index in [1.807, 2.05) is 0 Å². The molecule has 4 heteroatoms. The monoisotopic (exact) mass is 212 g/mol. The minimum Gasteiger partial charge on any atom is -0.508 e. The Hall–Kier alpha value is -1.58. The van der Waals surface area contributed by atoms with Crippen molar-refractivity contribution >= 4 is 5.97 Å². The van der Waals surface area contributed by atoms with Crippen LogP contribution in [0.15, 0.2) is 18.2 Å². The van der Waals surface area contributed by atoms with Gasteiger partial charge in [0.05, 0.1) is 5.56 Å². The van der Waals surface area contributed by atoms with Crippen molar-refractivity contribution in [2.45, 2.75) is 26.4 Å². The molecule has 0 aromatic heterocycles. The molecule has 0 aliphatic heterocycles. The molecule has 1 rings (SSSR count). The van der Waals surface area contributed by atoms with Crippen LogP contribution in [-0.4, -0.2) is 16.7 Å². The van der Waals surface area contributed by atoms with Crippen molar-refractivity contribution in [3.63, 3.8) is 0 Å². The van der Waals surface area contributed by atoms with E-state index < -0.39 is 17.4 Å². The zero-order valence-corrected chi connectivity index (χ0v) is 8.87. The van der Waals surface area contributed by atoms with E-state index >= 15 is 0 Å². The summed E-state index contributed by atoms with van der Waals surface area (Å²) in [6, 6.07) is 3.31. The molecule has 0 spiro atoms. The second-order valence-corrected chi connectivity index (χ2v) is 4.17. The van der Waals surface area contributed by atoms with Gasteiger partial charge in [0.25, 0.3) is 0 Å². The number of ether oxygens (including phenoxy) is 1. The SMILES string of the molecule is CC(C)(C)OC(=O)c1ccc(O)cc1F. The Labute approximate surface area is 87.5 Å². The zero-order chi connectivity index (χ0) is 11.6. The van der Waals surface area contributed by atoms with Crippen molar-refractivity contribution in [2.75, 3.05) is 0 Å². The predicted octanol–water partition coefficient (Wildman–Crippen LogP) is 2.49. The second-order valence-electron chi connectivity index (χ2n) is 4.17. The maximum absolute atomic E-state index is 13.2. The van der Waals surface area contributed by atoms with Gasteiger partial charge in [-0.15, -0.1) is 0 Å². The quantitative estimate of drug-likeness (QED) is 0.727. The van der Waals surface area contributed by atoms with E-state index in [1.165, 1.54) is 12.1 Å². The lowest BCUT2D eigenvalue weighted by Gasteiger charge is -2.19. The van der Waals surface area contributed by atoms with Crippen LogP contribution in [0.1, 0.15) is 31.1 Å². The predicted molar refractivity (Wildman–Crippen MR) is 53.2 cm³/mol. The van der Waals surface area contributed by atoms with Gasteiger partial charge in [0, 0.05) is 6.07 Å². The summed E-state index contributed by atoms with van der Waals surface area (Å²) in [5, 5.41) is 8.96. The first kappa shape index (κ1) is 11.5. The van der Waals surface area contributed by atoms with Gasteiger partial charge in [0.2, 0.25) is 0 Å². The average molecular weight is 212 g/mol. The Bertz CT molecular complexity index is 380. The van der Waals surface area contributed by atoms with Gasteiger partial charge in [-0.25, -0.2) is 9.18 Å². The van der Waals surface area contributed by atoms with Crippen LogP contribution in [0.2, 0.25) is 0 Å². The highest BCUT2D eigenvalue weighted by molar-refractivity contribution is 5.90. The minimum atomic E-state index is -0.788. The zero-order valence-electron chi connectivity index (χ0n) is 8.87. The van der Waals surface area contributed by atoms with Gasteiger partial charge in [-0.3, -0.25) is 0 Å². The molecule has 0 unspecified atom stereocenters. The fraction of sp³-hybridized carbons (Fsp3) is 0.364. The summed E-state index contributed by atoms with van der Waals surface area (Å²) in [5.41, 5.74) is -0.843. The molecule has 0 heterocycles. The first-order valence-corrected chi connectivity index (χ1v) is 4.51. The first-order chi connectivity index (χ1) is 6.79. The lowest BCUT2D eigenvalue weighted by atomic mass is 10.1. The molecule has 0 amide bonds. The molecule has 3 nitrogen and oxygen atoms in total. The van der Waals surface area contributed by atoms with Crippen LogP contribution < -0.4 is 0 Å². The van der Waals surface area contributed by atoms with Crippen LogP contribution in [0.5, 0.6) is 5.75 Å². The van der Waals surface area contributed by atoms with Crippen LogP contribution in [0.25, 0.3) is 0 Å². The van der Waals surface area contributed by atoms with E-state index in [9.17, 15) is 9.18 Å². The number of benzene rings is 1. The number of rotatable bonds is 1. The molecule has 0 saturated carbocycles. The summed E-state index contributed by atoms with van der Waals surface area (Å²) < 4.78 is 18.2. The van der Waals surface area contributed by atoms with Gasteiger partial charge >= 0.3 is 5.97 Å². The Kier molecular flexibility index (Phi) is 2.98. The Balaban J connectivity index is 2.92. The molecule has 0 aliphatic rings. The van der Waals surface area contributed by atoms with Crippen LogP contribution in [-0.2, 0) is 4.74 Å². The van der Waals surface area contributed by atoms with Gasteiger partial charge in [-0.05, 0) is 32.9 Å². The summed E-state index contributed by atoms with van der Waals surface area (Å²) in [6.45, 7) is 5.09. The van der Waals surface area contributed by atoms with Crippen LogP contribution in [0, 0.1) is 5.82 Å². The molecule has 15 heavy (non-hydrogen) atoms. The number of phenolic OH excluding ortho intramolecular Hbond substituents is 1. The highest BCUT2D eigenvalue weighted by Crippen LogP contribution is 2.18. The maximum Gasteiger partial charge on any atom is 0.341 e. The molecule has 0 saturated heterocycles. The maximum atomic E-state index is 13.2. The molecular formula is C11H13FO3. The summed E-state index contributed by atoms with van der Waals surface area (Å²) in [7, 11) is 0. The third-order valence-corrected chi connectivity index (χ3v) is 1.57. The first-order valence-electron chi connectivity index (χ1n) is 4.51. The topological polar surface area (TPSA) is 46.5 Å². The highest BCUT2D eigenvalue weighted by atomic mass is 19.1. The number of esters is 1. The largest absolute Gasteiger partial charge is 0.508 e. The molecule has 1 aromatic carbocycles. The van der Waals surface area contributed by atoms with Gasteiger partial charge < -0.3 is 9.84 Å². The standard InChI is InChI=1S/C11H13FO3/c1-11(2,3)15-10(14)8-5-4-7(13)6-9(8)12/h4-6,13H,1-3H3. The van der Waals surface area contributed by atoms with Gasteiger partial charge in [0.15, 0.2) is 0 Å². The normalized spacial score (nSPS) is 11.2. The fourth-order valence-corrected chi connectivity index (χ4v) is 1.00. The molecule has 82 valence electrons. The van der Waals surface area contributed by atoms with Crippen LogP contribution in [0.3, 0.4) is 0 Å². The molecule has 0 aliphatic carbocycles. The van der Waals surface area contributed by atoms with Crippen molar-refractivity contribution in [1.82, 2.24) is 0 Å². The molecular weight excluding hydrogens is 199 g/mol. The Morgan fingerprint density at radius 2 is 2.00 bits per heavy atom. The van der Waals surface area contributed by atoms with Crippen molar-refractivity contribution in [1.29, 1.82) is 0 Å². The molecule has 0 fully saturated rings. The van der Waals surface area contributed by atoms with E-state index in [0.717, 1.165) is 6.07 Å². The second kappa shape index (κ2) is 3.88. The number of carbonyl (C=O) groups excluding carboxylic acids is 1. The Morgan fingerprint density at radius 1 is 1.40 bits per heavy atom. The van der Waals surface area contributed by atoms with Crippen LogP contribution in [0.4, 0.5) is 4.39 Å². The van der Waals surface area contributed by atoms with Crippen molar-refractivity contribution in [3.05, 3.63) is 29.6 Å². The summed E-state index contributed by atoms with van der Waals surface area (Å²) in [6.07, 6.45) is 0. The molecule has 0 radical (unpaired) electrons. The average Bonchev–Trinajstić information content (AvgIpc) is 1.99. The number of phenols is 1. The molecule has 1 N–H and O–H groups in total. The summed E-state index contributed by atoms with van der Waals surface area (Å²) in [5.74, 6) is -1.75. The number of aromatic hydroxyl groups is 1. The Morgan fingerprint density at radius 3 is 2.47 bits per heavy atom. The smallest absolute Gasteiger partial charge is 0.341 e. The third-order valence-electron chi connectivity index (χ3n) is 1.57. The van der Waals surface area contributed by atoms with Gasteiger partial charge in [-0.1, -0.05) is 0 Å². The number of hydrogen-bond donors (Lipinski definition) is 1. The lowest BCUT2D eigenvalue weighted by Crippen LogP contribution is -2.24. The molecule has 0 bridgehead atoms. The lowest BCUT2D eigenvalue weighted by molar-refractivity contribution is 0.00647. The fourth-order valence-electron chi connectivity index (χ4n) is 1.00. The van der Waals surface area contributed by atoms with Crippen LogP contribution >= 0.6 is 0 Å². The summed E-state index contributed by atoms with van der Waals surface area (Å²) >= 11 is 0. The molecule has 0 atom stereocenters. The van der Waals surface area contributed by atoms with E-state index in [4.69, 9.17) is 9.84 Å². The van der Waals surface area contributed by atoms with Crippen molar-refractivity contribution < 1.29 is 19.0 Å². The van der Waals surface area contributed by atoms with Gasteiger partial charge in [-0.2, -0.15) is 0 Å². The minimum absolute atomic E-state index is 0.178. The number of halogens is 1. The number of hydrogen-bond acceptors (Lipinski definition) is 3. The van der Waals surface area contributed by atoms with E-state index in [2.05, 4.69) is 0 Å². The third kappa shape index (κ3) is 3.23. The van der Waals surface area contributed by atoms with Crippen molar-refractivity contribution in [2.24, 2.45) is 0 Å². The van der Waals surface area contributed by atoms with Crippen molar-refractivity contribution in [3.8, 4) is 5.75 Å².